The number of aromatic nitrogens is 2. The van der Waals surface area contributed by atoms with Gasteiger partial charge >= 0.3 is 12.5 Å². The summed E-state index contributed by atoms with van der Waals surface area (Å²) >= 11 is 0. The van der Waals surface area contributed by atoms with Crippen LogP contribution in [0.5, 0.6) is 11.5 Å². The number of aromatic amines is 1. The van der Waals surface area contributed by atoms with Crippen LogP contribution in [0.25, 0.3) is 11.0 Å². The zero-order chi connectivity index (χ0) is 15.1. The molecule has 1 aromatic carbocycles. The Morgan fingerprint density at radius 1 is 1.05 bits per heavy atom. The Balaban J connectivity index is 2.54. The van der Waals surface area contributed by atoms with Crippen molar-refractivity contribution >= 4 is 11.0 Å². The summed E-state index contributed by atoms with van der Waals surface area (Å²) in [6.45, 7) is 0. The molecule has 4 nitrogen and oxygen atoms in total. The molecule has 0 atom stereocenters. The summed E-state index contributed by atoms with van der Waals surface area (Å²) in [7, 11) is 1.06. The van der Waals surface area contributed by atoms with Crippen LogP contribution in [0, 0.1) is 0 Å². The smallest absolute Gasteiger partial charge is 0.493 e. The van der Waals surface area contributed by atoms with Crippen LogP contribution in [-0.4, -0.2) is 23.4 Å². The second-order valence-electron chi connectivity index (χ2n) is 3.65. The Labute approximate surface area is 107 Å². The average molecular weight is 300 g/mol. The molecule has 0 aliphatic heterocycles. The second kappa shape index (κ2) is 4.46. The summed E-state index contributed by atoms with van der Waals surface area (Å²) in [5, 5.41) is 0. The summed E-state index contributed by atoms with van der Waals surface area (Å²) in [5.41, 5.74) is -0.443. The minimum absolute atomic E-state index is 0.122. The lowest BCUT2D eigenvalue weighted by atomic mass is 10.3. The number of nitrogens with zero attached hydrogens (tertiary/aromatic N) is 1. The highest BCUT2D eigenvalue weighted by molar-refractivity contribution is 5.79. The minimum atomic E-state index is -5.00. The Morgan fingerprint density at radius 2 is 1.70 bits per heavy atom. The monoisotopic (exact) mass is 300 g/mol. The Morgan fingerprint density at radius 3 is 2.20 bits per heavy atom. The lowest BCUT2D eigenvalue weighted by molar-refractivity contribution is -0.275. The van der Waals surface area contributed by atoms with E-state index in [-0.39, 0.29) is 16.8 Å². The number of fused-ring (bicyclic) bond motifs is 1. The van der Waals surface area contributed by atoms with Gasteiger partial charge in [-0.05, 0) is 0 Å². The minimum Gasteiger partial charge on any atom is -0.493 e. The van der Waals surface area contributed by atoms with Crippen LogP contribution in [0.3, 0.4) is 0 Å². The number of rotatable bonds is 2. The molecule has 0 saturated carbocycles. The van der Waals surface area contributed by atoms with E-state index in [1.165, 1.54) is 0 Å². The topological polar surface area (TPSA) is 47.1 Å². The molecule has 0 aliphatic rings. The molecule has 1 N–H and O–H groups in total. The lowest BCUT2D eigenvalue weighted by Gasteiger charge is -2.12. The van der Waals surface area contributed by atoms with Crippen LogP contribution in [-0.2, 0) is 6.18 Å². The number of nitrogens with one attached hydrogen (secondary N) is 1. The molecule has 1 aromatic heterocycles. The zero-order valence-electron chi connectivity index (χ0n) is 9.69. The van der Waals surface area contributed by atoms with Crippen molar-refractivity contribution in [2.45, 2.75) is 12.5 Å². The van der Waals surface area contributed by atoms with E-state index in [1.807, 2.05) is 4.98 Å². The van der Waals surface area contributed by atoms with Gasteiger partial charge in [0.15, 0.2) is 11.5 Å². The largest absolute Gasteiger partial charge is 0.573 e. The number of ether oxygens (including phenoxy) is 2. The predicted octanol–water partition coefficient (Wildman–Crippen LogP) is 3.49. The maximum absolute atomic E-state index is 12.4. The van der Waals surface area contributed by atoms with Gasteiger partial charge in [0.05, 0.1) is 18.1 Å². The number of halogens is 6. The number of benzene rings is 1. The van der Waals surface area contributed by atoms with E-state index in [1.54, 1.807) is 0 Å². The van der Waals surface area contributed by atoms with E-state index < -0.39 is 24.1 Å². The fraction of sp³-hybridized carbons (Fsp3) is 0.300. The van der Waals surface area contributed by atoms with Crippen molar-refractivity contribution in [2.24, 2.45) is 0 Å². The maximum Gasteiger partial charge on any atom is 0.573 e. The molecule has 0 fully saturated rings. The first-order chi connectivity index (χ1) is 9.10. The third-order valence-corrected chi connectivity index (χ3v) is 2.26. The summed E-state index contributed by atoms with van der Waals surface area (Å²) in [6.07, 6.45) is -9.73. The van der Waals surface area contributed by atoms with Gasteiger partial charge in [-0.15, -0.1) is 13.2 Å². The fourth-order valence-corrected chi connectivity index (χ4v) is 1.52. The Kier molecular flexibility index (Phi) is 3.18. The molecule has 0 unspecified atom stereocenters. The molecule has 0 radical (unpaired) electrons. The molecule has 0 aliphatic carbocycles. The van der Waals surface area contributed by atoms with E-state index in [4.69, 9.17) is 0 Å². The average Bonchev–Trinajstić information content (AvgIpc) is 2.68. The van der Waals surface area contributed by atoms with Crippen LogP contribution in [0.4, 0.5) is 26.3 Å². The van der Waals surface area contributed by atoms with Crippen LogP contribution in [0.1, 0.15) is 5.82 Å². The van der Waals surface area contributed by atoms with Gasteiger partial charge in [-0.3, -0.25) is 0 Å². The van der Waals surface area contributed by atoms with Crippen LogP contribution < -0.4 is 9.47 Å². The highest BCUT2D eigenvalue weighted by atomic mass is 19.4. The summed E-state index contributed by atoms with van der Waals surface area (Å²) in [5.74, 6) is -2.46. The Hall–Kier alpha value is -2.13. The molecule has 2 aromatic rings. The first kappa shape index (κ1) is 14.3. The molecule has 110 valence electrons. The third-order valence-electron chi connectivity index (χ3n) is 2.26. The zero-order valence-corrected chi connectivity index (χ0v) is 9.69. The van der Waals surface area contributed by atoms with Crippen molar-refractivity contribution in [3.05, 3.63) is 18.0 Å². The molecule has 0 bridgehead atoms. The molecule has 1 heterocycles. The molecule has 10 heteroatoms. The van der Waals surface area contributed by atoms with Crippen molar-refractivity contribution in [3.63, 3.8) is 0 Å². The summed E-state index contributed by atoms with van der Waals surface area (Å²) in [4.78, 5) is 5.11. The number of H-pyrrole nitrogens is 1. The second-order valence-corrected chi connectivity index (χ2v) is 3.65. The van der Waals surface area contributed by atoms with Crippen LogP contribution >= 0.6 is 0 Å². The van der Waals surface area contributed by atoms with Gasteiger partial charge < -0.3 is 14.5 Å². The third kappa shape index (κ3) is 2.89. The quantitative estimate of drug-likeness (QED) is 0.864. The van der Waals surface area contributed by atoms with Crippen molar-refractivity contribution in [2.75, 3.05) is 7.11 Å². The first-order valence-corrected chi connectivity index (χ1v) is 5.01. The van der Waals surface area contributed by atoms with Crippen molar-refractivity contribution in [1.29, 1.82) is 0 Å². The van der Waals surface area contributed by atoms with E-state index in [0.29, 0.717) is 6.07 Å². The lowest BCUT2D eigenvalue weighted by Crippen LogP contribution is -2.17. The van der Waals surface area contributed by atoms with E-state index in [0.717, 1.165) is 13.2 Å². The standard InChI is InChI=1S/C10H6F6N2O2/c1-19-6-2-4-5(3-7(6)20-10(14,15)16)18-8(17-4)9(11,12)13/h2-3H,1H3,(H,17,18). The van der Waals surface area contributed by atoms with Crippen LogP contribution in [0.2, 0.25) is 0 Å². The summed E-state index contributed by atoms with van der Waals surface area (Å²) < 4.78 is 82.1. The maximum atomic E-state index is 12.4. The highest BCUT2D eigenvalue weighted by Crippen LogP contribution is 2.36. The molecule has 0 amide bonds. The molecular formula is C10H6F6N2O2. The van der Waals surface area contributed by atoms with Gasteiger partial charge in [-0.1, -0.05) is 0 Å². The number of hydrogen-bond acceptors (Lipinski definition) is 3. The normalized spacial score (nSPS) is 12.8. The first-order valence-electron chi connectivity index (χ1n) is 5.01. The number of alkyl halides is 6. The molecule has 0 saturated heterocycles. The van der Waals surface area contributed by atoms with Crippen LogP contribution in [0.15, 0.2) is 12.1 Å². The van der Waals surface area contributed by atoms with Gasteiger partial charge in [-0.2, -0.15) is 13.2 Å². The van der Waals surface area contributed by atoms with Crippen molar-refractivity contribution in [1.82, 2.24) is 9.97 Å². The van der Waals surface area contributed by atoms with Crippen molar-refractivity contribution < 1.29 is 35.8 Å². The van der Waals surface area contributed by atoms with E-state index >= 15 is 0 Å². The number of hydrogen-bond donors (Lipinski definition) is 1. The van der Waals surface area contributed by atoms with Gasteiger partial charge in [0, 0.05) is 12.1 Å². The van der Waals surface area contributed by atoms with Gasteiger partial charge in [-0.25, -0.2) is 4.98 Å². The van der Waals surface area contributed by atoms with E-state index in [9.17, 15) is 26.3 Å². The predicted molar refractivity (Wildman–Crippen MR) is 54.3 cm³/mol. The van der Waals surface area contributed by atoms with Gasteiger partial charge in [0.25, 0.3) is 0 Å². The SMILES string of the molecule is COc1cc2[nH]c(C(F)(F)F)nc2cc1OC(F)(F)F. The highest BCUT2D eigenvalue weighted by Gasteiger charge is 2.36. The Bertz CT molecular complexity index is 631. The van der Waals surface area contributed by atoms with E-state index in [2.05, 4.69) is 14.5 Å². The molecule has 2 rings (SSSR count). The van der Waals surface area contributed by atoms with Crippen molar-refractivity contribution in [3.8, 4) is 11.5 Å². The van der Waals surface area contributed by atoms with Gasteiger partial charge in [0.2, 0.25) is 5.82 Å². The molecule has 0 spiro atoms. The van der Waals surface area contributed by atoms with Gasteiger partial charge in [0.1, 0.15) is 0 Å². The number of methoxy groups -OCH3 is 1. The number of imidazole rings is 1. The fourth-order valence-electron chi connectivity index (χ4n) is 1.52. The molecule has 20 heavy (non-hydrogen) atoms. The molecular weight excluding hydrogens is 294 g/mol. The summed E-state index contributed by atoms with van der Waals surface area (Å²) in [6, 6.07) is 1.66.